The Bertz CT molecular complexity index is 3110. The van der Waals surface area contributed by atoms with Crippen molar-refractivity contribution in [2.45, 2.75) is 93.8 Å². The number of fused-ring (bicyclic) bond motifs is 3. The number of hydrogen-bond donors (Lipinski definition) is 4. The van der Waals surface area contributed by atoms with E-state index in [0.29, 0.717) is 59.3 Å². The third-order valence-corrected chi connectivity index (χ3v) is 10.1. The van der Waals surface area contributed by atoms with Crippen LogP contribution < -0.4 is 50.6 Å². The molecule has 0 aromatic carbocycles. The van der Waals surface area contributed by atoms with Gasteiger partial charge in [0.25, 0.3) is 16.7 Å². The number of H-pyrrole nitrogens is 4. The molecule has 0 saturated heterocycles. The van der Waals surface area contributed by atoms with Gasteiger partial charge in [0.05, 0.1) is 6.07 Å². The maximum atomic E-state index is 12.4. The van der Waals surface area contributed by atoms with Crippen molar-refractivity contribution < 1.29 is 22.7 Å². The first-order valence-corrected chi connectivity index (χ1v) is 22.1. The molecular formula is C43H57BrN8O14. The number of nitrogens with one attached hydrogen (secondary N) is 4. The number of hydrogen-bond acceptors (Lipinski definition) is 16. The van der Waals surface area contributed by atoms with Crippen molar-refractivity contribution in [2.75, 3.05) is 39.4 Å². The summed E-state index contributed by atoms with van der Waals surface area (Å²) in [5, 5.41) is 8.05. The van der Waals surface area contributed by atoms with E-state index >= 15 is 0 Å². The quantitative estimate of drug-likeness (QED) is 0.136. The molecule has 66 heavy (non-hydrogen) atoms. The van der Waals surface area contributed by atoms with Crippen molar-refractivity contribution >= 4 is 49.2 Å². The highest BCUT2D eigenvalue weighted by Crippen LogP contribution is 2.29. The molecule has 6 aromatic heterocycles. The van der Waals surface area contributed by atoms with E-state index in [1.807, 2.05) is 6.92 Å². The summed E-state index contributed by atoms with van der Waals surface area (Å²) in [6.45, 7) is 17.3. The molecule has 360 valence electrons. The largest absolute Gasteiger partial charge is 0.405 e. The van der Waals surface area contributed by atoms with Gasteiger partial charge in [0.15, 0.2) is 0 Å². The van der Waals surface area contributed by atoms with Crippen molar-refractivity contribution in [3.8, 4) is 6.07 Å². The van der Waals surface area contributed by atoms with Gasteiger partial charge in [0.2, 0.25) is 17.1 Å². The van der Waals surface area contributed by atoms with Gasteiger partial charge in [-0.15, -0.1) is 0 Å². The SMILES string of the molecule is CC#N.CCN(CC)CC.CCc1cc(=O)oc2[nH]c(=O)[nH]c(=O)c12.CCc1cc(=O)oc2[nH]c(=O)n(CC3CC3)c(=O)c12.CCc1cc(=O)oc2c1c(=O)[nH]c(=O)n2COC.COCBr. The summed E-state index contributed by atoms with van der Waals surface area (Å²) in [7, 11) is 3.03. The first kappa shape index (κ1) is 55.7. The zero-order valence-electron chi connectivity index (χ0n) is 38.5. The minimum absolute atomic E-state index is 0.0219. The smallest absolute Gasteiger partial charge is 0.337 e. The van der Waals surface area contributed by atoms with Crippen LogP contribution in [0, 0.1) is 17.2 Å². The average molecular weight is 990 g/mol. The Kier molecular flexibility index (Phi) is 23.4. The number of rotatable bonds is 11. The van der Waals surface area contributed by atoms with Crippen LogP contribution in [0.2, 0.25) is 0 Å². The lowest BCUT2D eigenvalue weighted by Gasteiger charge is -2.13. The van der Waals surface area contributed by atoms with Gasteiger partial charge >= 0.3 is 33.9 Å². The maximum Gasteiger partial charge on any atom is 0.337 e. The zero-order chi connectivity index (χ0) is 49.7. The van der Waals surface area contributed by atoms with Crippen LogP contribution in [0.25, 0.3) is 33.3 Å². The summed E-state index contributed by atoms with van der Waals surface area (Å²) in [6.07, 6.45) is 3.63. The molecule has 0 spiro atoms. The molecule has 4 N–H and O–H groups in total. The van der Waals surface area contributed by atoms with E-state index < -0.39 is 45.1 Å². The van der Waals surface area contributed by atoms with Crippen molar-refractivity contribution in [1.29, 1.82) is 5.26 Å². The fourth-order valence-corrected chi connectivity index (χ4v) is 6.19. The second-order valence-corrected chi connectivity index (χ2v) is 14.4. The molecule has 6 aromatic rings. The van der Waals surface area contributed by atoms with E-state index in [4.69, 9.17) is 23.3 Å². The molecule has 0 bridgehead atoms. The van der Waals surface area contributed by atoms with Crippen LogP contribution in [0.1, 0.15) is 78.0 Å². The molecule has 1 saturated carbocycles. The second kappa shape index (κ2) is 27.8. The van der Waals surface area contributed by atoms with E-state index in [0.717, 1.165) is 17.4 Å². The van der Waals surface area contributed by atoms with Crippen LogP contribution in [0.5, 0.6) is 0 Å². The summed E-state index contributed by atoms with van der Waals surface area (Å²) >= 11 is 3.03. The molecule has 1 aliphatic carbocycles. The van der Waals surface area contributed by atoms with Gasteiger partial charge in [0, 0.05) is 45.9 Å². The van der Waals surface area contributed by atoms with E-state index in [9.17, 15) is 43.2 Å². The molecular weight excluding hydrogens is 932 g/mol. The fourth-order valence-electron chi connectivity index (χ4n) is 6.19. The Hall–Kier alpha value is -6.48. The lowest BCUT2D eigenvalue weighted by Crippen LogP contribution is -2.36. The molecule has 0 aliphatic heterocycles. The molecule has 6 heterocycles. The maximum absolute atomic E-state index is 12.4. The van der Waals surface area contributed by atoms with Crippen molar-refractivity contribution in [3.05, 3.63) is 129 Å². The normalized spacial score (nSPS) is 11.4. The van der Waals surface area contributed by atoms with E-state index in [2.05, 4.69) is 66.3 Å². The second-order valence-electron chi connectivity index (χ2n) is 14.0. The number of halogens is 1. The minimum Gasteiger partial charge on any atom is -0.405 e. The predicted octanol–water partition coefficient (Wildman–Crippen LogP) is 3.02. The molecule has 1 fully saturated rings. The van der Waals surface area contributed by atoms with E-state index in [1.54, 1.807) is 27.0 Å². The van der Waals surface area contributed by atoms with Crippen LogP contribution >= 0.6 is 15.9 Å². The topological polar surface area (TPSA) is 312 Å². The minimum atomic E-state index is -0.691. The molecule has 1 aliphatic rings. The van der Waals surface area contributed by atoms with Crippen LogP contribution in [0.3, 0.4) is 0 Å². The lowest BCUT2D eigenvalue weighted by atomic mass is 10.1. The first-order valence-electron chi connectivity index (χ1n) is 20.9. The summed E-state index contributed by atoms with van der Waals surface area (Å²) < 4.78 is 26.2. The Morgan fingerprint density at radius 3 is 1.55 bits per heavy atom. The average Bonchev–Trinajstić information content (AvgIpc) is 4.11. The first-order chi connectivity index (χ1) is 31.5. The van der Waals surface area contributed by atoms with Crippen molar-refractivity contribution in [3.63, 3.8) is 0 Å². The Morgan fingerprint density at radius 2 is 1.11 bits per heavy atom. The third-order valence-electron chi connectivity index (χ3n) is 9.64. The number of nitrogens with zero attached hydrogens (tertiary/aromatic N) is 4. The number of alkyl halides is 1. The summed E-state index contributed by atoms with van der Waals surface area (Å²) in [5.41, 5.74) is -2.93. The number of methoxy groups -OCH3 is 2. The molecule has 0 amide bonds. The summed E-state index contributed by atoms with van der Waals surface area (Å²) in [6, 6.07) is 5.55. The van der Waals surface area contributed by atoms with Gasteiger partial charge in [-0.2, -0.15) is 5.26 Å². The van der Waals surface area contributed by atoms with Crippen LogP contribution in [-0.4, -0.2) is 73.3 Å². The molecule has 0 atom stereocenters. The third kappa shape index (κ3) is 15.6. The molecule has 23 heteroatoms. The van der Waals surface area contributed by atoms with Gasteiger partial charge in [0.1, 0.15) is 28.4 Å². The zero-order valence-corrected chi connectivity index (χ0v) is 40.1. The number of aromatic amines is 4. The van der Waals surface area contributed by atoms with Crippen LogP contribution in [0.15, 0.2) is 74.6 Å². The Balaban J connectivity index is 0.000000299. The van der Waals surface area contributed by atoms with Crippen LogP contribution in [-0.2, 0) is 42.0 Å². The monoisotopic (exact) mass is 988 g/mol. The van der Waals surface area contributed by atoms with Crippen molar-refractivity contribution in [1.82, 2.24) is 34.0 Å². The van der Waals surface area contributed by atoms with E-state index in [-0.39, 0.29) is 40.2 Å². The van der Waals surface area contributed by atoms with Gasteiger partial charge in [-0.05, 0) is 74.3 Å². The Morgan fingerprint density at radius 1 is 0.667 bits per heavy atom. The number of nitriles is 1. The number of ether oxygens (including phenoxy) is 2. The summed E-state index contributed by atoms with van der Waals surface area (Å²) in [5.74, 6) is 0.414. The number of aromatic nitrogens is 6. The molecule has 22 nitrogen and oxygen atoms in total. The molecule has 0 unspecified atom stereocenters. The van der Waals surface area contributed by atoms with Crippen molar-refractivity contribution in [2.24, 2.45) is 5.92 Å². The standard InChI is InChI=1S/C13H14N2O4.C11H12N2O5.C9H8N2O4.C6H15N.C2H5BrO.C2H3N/c1-2-8-5-9(16)19-11-10(8)12(17)15(13(18)14-11)6-7-3-4-7;1-3-6-4-7(14)18-10-8(6)9(15)12-11(16)13(10)5-17-2;1-2-4-3-5(12)15-8-6(4)7(13)10-9(14)11-8;1-4-7(5-2)6-3;1-4-2-3;1-2-3/h5,7H,2-4,6H2,1H3,(H,14,18);4H,3,5H2,1-2H3,(H,12,15,16);3H,2H2,1H3,(H2,10,11,13,14);4-6H2,1-3H3;2H2,1H3;1H3. The Labute approximate surface area is 383 Å². The van der Waals surface area contributed by atoms with Gasteiger partial charge in [-0.25, -0.2) is 33.3 Å². The fraction of sp³-hybridized carbons (Fsp3) is 0.488. The highest BCUT2D eigenvalue weighted by atomic mass is 79.9. The molecule has 0 radical (unpaired) electrons. The highest BCUT2D eigenvalue weighted by molar-refractivity contribution is 9.09. The molecule has 7 rings (SSSR count). The summed E-state index contributed by atoms with van der Waals surface area (Å²) in [4.78, 5) is 115. The predicted molar refractivity (Wildman–Crippen MR) is 252 cm³/mol. The van der Waals surface area contributed by atoms with Gasteiger partial charge < -0.3 is 27.6 Å². The van der Waals surface area contributed by atoms with Gasteiger partial charge in [-0.3, -0.25) is 38.9 Å². The highest BCUT2D eigenvalue weighted by Gasteiger charge is 2.24. The lowest BCUT2D eigenvalue weighted by molar-refractivity contribution is 0.127. The van der Waals surface area contributed by atoms with E-state index in [1.165, 1.54) is 56.4 Å². The number of aryl methyl sites for hydroxylation is 3. The van der Waals surface area contributed by atoms with Crippen LogP contribution in [0.4, 0.5) is 0 Å². The van der Waals surface area contributed by atoms with Gasteiger partial charge in [-0.1, -0.05) is 57.5 Å².